The Bertz CT molecular complexity index is 914. The summed E-state index contributed by atoms with van der Waals surface area (Å²) in [5.41, 5.74) is 15.9. The number of nitrogens with two attached hydrogens (primary N) is 2. The van der Waals surface area contributed by atoms with Crippen molar-refractivity contribution < 1.29 is 13.5 Å². The van der Waals surface area contributed by atoms with E-state index in [9.17, 15) is 8.78 Å². The number of nitrogens with zero attached hydrogens (tertiary/aromatic N) is 2. The van der Waals surface area contributed by atoms with Crippen molar-refractivity contribution in [3.8, 4) is 0 Å². The molecule has 0 aromatic heterocycles. The summed E-state index contributed by atoms with van der Waals surface area (Å²) < 4.78 is 33.4. The van der Waals surface area contributed by atoms with Crippen LogP contribution in [-0.4, -0.2) is 37.0 Å². The first-order valence-electron chi connectivity index (χ1n) is 9.72. The molecule has 1 saturated heterocycles. The molecule has 0 spiro atoms. The van der Waals surface area contributed by atoms with Crippen molar-refractivity contribution >= 4 is 5.84 Å². The fourth-order valence-electron chi connectivity index (χ4n) is 3.94. The molecule has 154 valence electrons. The van der Waals surface area contributed by atoms with Crippen LogP contribution in [0.4, 0.5) is 8.78 Å². The van der Waals surface area contributed by atoms with Crippen LogP contribution >= 0.6 is 0 Å². The smallest absolute Gasteiger partial charge is 0.273 e. The first-order chi connectivity index (χ1) is 14.0. The van der Waals surface area contributed by atoms with Gasteiger partial charge in [0.15, 0.2) is 0 Å². The number of morpholine rings is 1. The van der Waals surface area contributed by atoms with Gasteiger partial charge in [-0.15, -0.1) is 0 Å². The normalized spacial score (nSPS) is 22.8. The molecular formula is C21H25F2N5O. The van der Waals surface area contributed by atoms with Gasteiger partial charge >= 0.3 is 0 Å². The van der Waals surface area contributed by atoms with E-state index in [1.807, 2.05) is 18.3 Å². The summed E-state index contributed by atoms with van der Waals surface area (Å²) in [5.74, 6) is -2.44. The highest BCUT2D eigenvalue weighted by Crippen LogP contribution is 2.42. The number of fused-ring (bicyclic) bond motifs is 1. The number of rotatable bonds is 4. The van der Waals surface area contributed by atoms with Crippen LogP contribution in [0.5, 0.6) is 0 Å². The summed E-state index contributed by atoms with van der Waals surface area (Å²) in [6.45, 7) is 3.18. The van der Waals surface area contributed by atoms with Crippen LogP contribution in [0, 0.1) is 0 Å². The lowest BCUT2D eigenvalue weighted by Gasteiger charge is -2.32. The molecule has 4 rings (SSSR count). The average molecular weight is 401 g/mol. The number of hydrogen-bond donors (Lipinski definition) is 3. The summed E-state index contributed by atoms with van der Waals surface area (Å²) >= 11 is 0. The number of allylic oxidation sites excluding steroid dienone is 1. The maximum Gasteiger partial charge on any atom is 0.273 e. The molecule has 29 heavy (non-hydrogen) atoms. The third kappa shape index (κ3) is 3.85. The Kier molecular flexibility index (Phi) is 5.27. The van der Waals surface area contributed by atoms with E-state index in [0.717, 1.165) is 24.4 Å². The molecule has 0 atom stereocenters. The number of aliphatic imine (C=N–C) groups is 1. The largest absolute Gasteiger partial charge is 0.403 e. The van der Waals surface area contributed by atoms with Gasteiger partial charge in [-0.3, -0.25) is 4.99 Å². The maximum atomic E-state index is 14.0. The van der Waals surface area contributed by atoms with Crippen LogP contribution in [0.2, 0.25) is 0 Å². The minimum absolute atomic E-state index is 0.113. The highest BCUT2D eigenvalue weighted by atomic mass is 19.3. The molecule has 1 aliphatic carbocycles. The Balaban J connectivity index is 1.57. The summed E-state index contributed by atoms with van der Waals surface area (Å²) in [6, 6.07) is 5.00. The first-order valence-corrected chi connectivity index (χ1v) is 9.72. The van der Waals surface area contributed by atoms with Gasteiger partial charge in [0.1, 0.15) is 5.84 Å². The standard InChI is InChI=1S/C21H25F2N5O/c22-21(23)5-4-16-14(2-1-3-18(16)21)12-27-20(25)17-10-15(13-26-19(17)11-24)28-6-8-29-9-7-28/h1-3,10-11,13,26H,4-9,12,24H2,(H2,25,27)/b19-11+. The number of ether oxygens (including phenoxy) is 1. The van der Waals surface area contributed by atoms with Crippen molar-refractivity contribution in [2.75, 3.05) is 26.3 Å². The van der Waals surface area contributed by atoms with Crippen molar-refractivity contribution in [2.24, 2.45) is 16.5 Å². The predicted octanol–water partition coefficient (Wildman–Crippen LogP) is 2.09. The van der Waals surface area contributed by atoms with Crippen LogP contribution in [0.1, 0.15) is 23.1 Å². The molecule has 6 nitrogen and oxygen atoms in total. The van der Waals surface area contributed by atoms with Gasteiger partial charge in [-0.1, -0.05) is 18.2 Å². The van der Waals surface area contributed by atoms with E-state index in [-0.39, 0.29) is 18.5 Å². The van der Waals surface area contributed by atoms with Crippen LogP contribution in [-0.2, 0) is 23.6 Å². The zero-order chi connectivity index (χ0) is 20.4. The molecular weight excluding hydrogens is 376 g/mol. The van der Waals surface area contributed by atoms with Gasteiger partial charge in [-0.05, 0) is 23.6 Å². The quantitative estimate of drug-likeness (QED) is 0.531. The van der Waals surface area contributed by atoms with Crippen molar-refractivity contribution in [3.05, 3.63) is 70.3 Å². The fourth-order valence-corrected chi connectivity index (χ4v) is 3.94. The van der Waals surface area contributed by atoms with Crippen LogP contribution < -0.4 is 16.8 Å². The van der Waals surface area contributed by atoms with Crippen molar-refractivity contribution in [2.45, 2.75) is 25.3 Å². The Morgan fingerprint density at radius 3 is 2.86 bits per heavy atom. The van der Waals surface area contributed by atoms with E-state index in [4.69, 9.17) is 16.2 Å². The first kappa shape index (κ1) is 19.4. The van der Waals surface area contributed by atoms with Gasteiger partial charge in [0.05, 0.1) is 31.2 Å². The van der Waals surface area contributed by atoms with Crippen molar-refractivity contribution in [3.63, 3.8) is 0 Å². The lowest BCUT2D eigenvalue weighted by Crippen LogP contribution is -2.37. The van der Waals surface area contributed by atoms with E-state index >= 15 is 0 Å². The van der Waals surface area contributed by atoms with Gasteiger partial charge in [-0.2, -0.15) is 0 Å². The molecule has 8 heteroatoms. The Hall–Kier alpha value is -2.87. The number of nitrogens with one attached hydrogen (secondary N) is 1. The Morgan fingerprint density at radius 1 is 1.31 bits per heavy atom. The molecule has 2 aliphatic heterocycles. The van der Waals surface area contributed by atoms with Crippen LogP contribution in [0.15, 0.2) is 58.6 Å². The van der Waals surface area contributed by atoms with Crippen molar-refractivity contribution in [1.82, 2.24) is 10.2 Å². The third-order valence-corrected chi connectivity index (χ3v) is 5.55. The van der Waals surface area contributed by atoms with Gasteiger partial charge < -0.3 is 26.4 Å². The number of dihydropyridines is 1. The zero-order valence-corrected chi connectivity index (χ0v) is 16.1. The minimum atomic E-state index is -2.76. The van der Waals surface area contributed by atoms with Gasteiger partial charge in [0.25, 0.3) is 5.92 Å². The zero-order valence-electron chi connectivity index (χ0n) is 16.1. The number of amidine groups is 1. The topological polar surface area (TPSA) is 88.9 Å². The molecule has 1 fully saturated rings. The molecule has 0 unspecified atom stereocenters. The Morgan fingerprint density at radius 2 is 2.10 bits per heavy atom. The molecule has 1 aromatic rings. The molecule has 0 amide bonds. The molecule has 1 aromatic carbocycles. The van der Waals surface area contributed by atoms with Crippen LogP contribution in [0.25, 0.3) is 0 Å². The monoisotopic (exact) mass is 401 g/mol. The van der Waals surface area contributed by atoms with E-state index < -0.39 is 5.92 Å². The number of alkyl halides is 2. The highest BCUT2D eigenvalue weighted by Gasteiger charge is 2.39. The van der Waals surface area contributed by atoms with Gasteiger partial charge in [-0.25, -0.2) is 8.78 Å². The molecule has 0 saturated carbocycles. The second kappa shape index (κ2) is 7.87. The summed E-state index contributed by atoms with van der Waals surface area (Å²) in [4.78, 5) is 6.69. The minimum Gasteiger partial charge on any atom is -0.403 e. The number of halogens is 2. The summed E-state index contributed by atoms with van der Waals surface area (Å²) in [6.07, 6.45) is 5.48. The van der Waals surface area contributed by atoms with Crippen molar-refractivity contribution in [1.29, 1.82) is 0 Å². The van der Waals surface area contributed by atoms with E-state index in [0.29, 0.717) is 42.3 Å². The third-order valence-electron chi connectivity index (χ3n) is 5.55. The molecule has 3 aliphatic rings. The number of benzene rings is 1. The lowest BCUT2D eigenvalue weighted by molar-refractivity contribution is -0.00184. The molecule has 0 bridgehead atoms. The summed E-state index contributed by atoms with van der Waals surface area (Å²) in [5, 5.41) is 3.16. The maximum absolute atomic E-state index is 14.0. The summed E-state index contributed by atoms with van der Waals surface area (Å²) in [7, 11) is 0. The Labute approximate surface area is 168 Å². The molecule has 0 radical (unpaired) electrons. The van der Waals surface area contributed by atoms with Gasteiger partial charge in [0, 0.05) is 43.0 Å². The highest BCUT2D eigenvalue weighted by molar-refractivity contribution is 6.01. The molecule has 5 N–H and O–H groups in total. The number of hydrogen-bond acceptors (Lipinski definition) is 5. The fraction of sp³-hybridized carbons (Fsp3) is 0.381. The van der Waals surface area contributed by atoms with Crippen LogP contribution in [0.3, 0.4) is 0 Å². The second-order valence-electron chi connectivity index (χ2n) is 7.30. The molecule has 2 heterocycles. The SMILES string of the molecule is N/C=C1/NC=C(N2CCOCC2)C=C1C(N)=NCc1cccc2c1CCC2(F)F. The van der Waals surface area contributed by atoms with E-state index in [1.54, 1.807) is 6.07 Å². The lowest BCUT2D eigenvalue weighted by atomic mass is 10.0. The average Bonchev–Trinajstić information content (AvgIpc) is 3.07. The van der Waals surface area contributed by atoms with E-state index in [1.165, 1.54) is 12.3 Å². The predicted molar refractivity (Wildman–Crippen MR) is 108 cm³/mol. The van der Waals surface area contributed by atoms with E-state index in [2.05, 4.69) is 15.2 Å². The second-order valence-corrected chi connectivity index (χ2v) is 7.30. The van der Waals surface area contributed by atoms with Gasteiger partial charge in [0.2, 0.25) is 0 Å².